The first-order valence-electron chi connectivity index (χ1n) is 11.2. The maximum Gasteiger partial charge on any atom is 0.257 e. The number of anilines is 1. The van der Waals surface area contributed by atoms with E-state index in [0.29, 0.717) is 36.7 Å². The molecule has 0 aliphatic carbocycles. The van der Waals surface area contributed by atoms with Crippen molar-refractivity contribution >= 4 is 21.6 Å². The van der Waals surface area contributed by atoms with Crippen molar-refractivity contribution in [1.82, 2.24) is 14.8 Å². The Bertz CT molecular complexity index is 1080. The molecule has 0 saturated heterocycles. The monoisotopic (exact) mass is 490 g/mol. The molecule has 0 spiro atoms. The number of sulfonamides is 1. The molecule has 2 heterocycles. The number of carbonyl (C=O) groups excluding carboxylic acids is 1. The molecule has 186 valence electrons. The second-order valence-electron chi connectivity index (χ2n) is 8.97. The van der Waals surface area contributed by atoms with E-state index in [4.69, 9.17) is 9.47 Å². The van der Waals surface area contributed by atoms with Crippen LogP contribution < -0.4 is 9.46 Å². The lowest BCUT2D eigenvalue weighted by molar-refractivity contribution is 0.00920. The number of pyridine rings is 1. The molecule has 0 saturated carbocycles. The average Bonchev–Trinajstić information content (AvgIpc) is 2.79. The van der Waals surface area contributed by atoms with Crippen LogP contribution in [0.5, 0.6) is 5.75 Å². The lowest BCUT2D eigenvalue weighted by atomic mass is 10.0. The quantitative estimate of drug-likeness (QED) is 0.687. The Morgan fingerprint density at radius 3 is 2.65 bits per heavy atom. The van der Waals surface area contributed by atoms with Crippen LogP contribution in [0.4, 0.5) is 5.69 Å². The molecule has 34 heavy (non-hydrogen) atoms. The summed E-state index contributed by atoms with van der Waals surface area (Å²) in [6.45, 7) is 6.35. The smallest absolute Gasteiger partial charge is 0.257 e. The zero-order valence-electron chi connectivity index (χ0n) is 20.4. The second-order valence-corrected chi connectivity index (χ2v) is 10.7. The Balaban J connectivity index is 1.96. The van der Waals surface area contributed by atoms with Crippen LogP contribution in [0, 0.1) is 5.92 Å². The van der Waals surface area contributed by atoms with Crippen LogP contribution in [-0.2, 0) is 21.3 Å². The maximum absolute atomic E-state index is 13.2. The van der Waals surface area contributed by atoms with Crippen molar-refractivity contribution < 1.29 is 22.7 Å². The fraction of sp³-hybridized carbons (Fsp3) is 0.500. The number of fused-ring (bicyclic) bond motifs is 1. The van der Waals surface area contributed by atoms with Crippen LogP contribution in [0.15, 0.2) is 42.7 Å². The highest BCUT2D eigenvalue weighted by atomic mass is 32.2. The summed E-state index contributed by atoms with van der Waals surface area (Å²) in [4.78, 5) is 21.4. The maximum atomic E-state index is 13.2. The van der Waals surface area contributed by atoms with Gasteiger partial charge in [-0.15, -0.1) is 0 Å². The number of hydrogen-bond donors (Lipinski definition) is 1. The number of rotatable bonds is 5. The van der Waals surface area contributed by atoms with Gasteiger partial charge >= 0.3 is 0 Å². The van der Waals surface area contributed by atoms with E-state index in [0.717, 1.165) is 18.4 Å². The predicted octanol–water partition coefficient (Wildman–Crippen LogP) is 2.46. The number of benzene rings is 1. The zero-order chi connectivity index (χ0) is 24.9. The number of likely N-dealkylation sites (N-methyl/N-ethyl adjacent to an activating group) is 1. The molecule has 0 unspecified atom stereocenters. The number of nitrogens with one attached hydrogen (secondary N) is 1. The van der Waals surface area contributed by atoms with Crippen molar-refractivity contribution in [3.05, 3.63) is 53.9 Å². The minimum atomic E-state index is -3.47. The van der Waals surface area contributed by atoms with Gasteiger partial charge in [0.25, 0.3) is 5.91 Å². The van der Waals surface area contributed by atoms with Crippen LogP contribution in [0.1, 0.15) is 29.8 Å². The lowest BCUT2D eigenvalue weighted by Gasteiger charge is -2.36. The first-order valence-corrected chi connectivity index (χ1v) is 13.1. The van der Waals surface area contributed by atoms with Crippen LogP contribution >= 0.6 is 0 Å². The van der Waals surface area contributed by atoms with E-state index < -0.39 is 10.0 Å². The SMILES string of the molecule is CO[C@H]1CN(C)C(=O)c2ccc(NS(C)(=O)=O)cc2OC[C@@H](C)N(Cc2cccnc2)C[C@@H]1C. The summed E-state index contributed by atoms with van der Waals surface area (Å²) in [5.74, 6) is 0.275. The van der Waals surface area contributed by atoms with Crippen LogP contribution in [0.25, 0.3) is 0 Å². The minimum Gasteiger partial charge on any atom is -0.491 e. The molecule has 0 radical (unpaired) electrons. The van der Waals surface area contributed by atoms with Gasteiger partial charge in [0.2, 0.25) is 10.0 Å². The third-order valence-electron chi connectivity index (χ3n) is 5.99. The average molecular weight is 491 g/mol. The van der Waals surface area contributed by atoms with Gasteiger partial charge in [0.1, 0.15) is 12.4 Å². The first kappa shape index (κ1) is 25.9. The third-order valence-corrected chi connectivity index (χ3v) is 6.59. The largest absolute Gasteiger partial charge is 0.491 e. The summed E-state index contributed by atoms with van der Waals surface area (Å²) >= 11 is 0. The molecule has 0 fully saturated rings. The van der Waals surface area contributed by atoms with E-state index in [-0.39, 0.29) is 24.0 Å². The Morgan fingerprint density at radius 2 is 2.00 bits per heavy atom. The van der Waals surface area contributed by atoms with Crippen molar-refractivity contribution in [3.8, 4) is 5.75 Å². The molecule has 9 nitrogen and oxygen atoms in total. The first-order chi connectivity index (χ1) is 16.1. The zero-order valence-corrected chi connectivity index (χ0v) is 21.2. The van der Waals surface area contributed by atoms with E-state index in [1.165, 1.54) is 0 Å². The Hall–Kier alpha value is -2.69. The fourth-order valence-corrected chi connectivity index (χ4v) is 4.63. The van der Waals surface area contributed by atoms with Gasteiger partial charge in [-0.3, -0.25) is 19.4 Å². The lowest BCUT2D eigenvalue weighted by Crippen LogP contribution is -2.46. The Morgan fingerprint density at radius 1 is 1.24 bits per heavy atom. The molecule has 0 bridgehead atoms. The normalized spacial score (nSPS) is 22.8. The minimum absolute atomic E-state index is 0.00629. The number of amides is 1. The van der Waals surface area contributed by atoms with E-state index in [2.05, 4.69) is 28.5 Å². The van der Waals surface area contributed by atoms with Crippen LogP contribution in [0.3, 0.4) is 0 Å². The van der Waals surface area contributed by atoms with Gasteiger partial charge in [-0.2, -0.15) is 0 Å². The number of carbonyl (C=O) groups is 1. The van der Waals surface area contributed by atoms with Crippen molar-refractivity contribution in [3.63, 3.8) is 0 Å². The van der Waals surface area contributed by atoms with E-state index in [9.17, 15) is 13.2 Å². The summed E-state index contributed by atoms with van der Waals surface area (Å²) in [5.41, 5.74) is 1.80. The number of aromatic nitrogens is 1. The highest BCUT2D eigenvalue weighted by molar-refractivity contribution is 7.92. The van der Waals surface area contributed by atoms with Crippen LogP contribution in [-0.4, -0.2) is 81.4 Å². The number of hydrogen-bond acceptors (Lipinski definition) is 7. The van der Waals surface area contributed by atoms with Gasteiger partial charge in [0, 0.05) is 58.3 Å². The summed E-state index contributed by atoms with van der Waals surface area (Å²) in [6, 6.07) is 8.68. The van der Waals surface area contributed by atoms with Gasteiger partial charge in [0.15, 0.2) is 0 Å². The van der Waals surface area contributed by atoms with Gasteiger partial charge in [0.05, 0.1) is 23.6 Å². The molecular formula is C24H34N4O5S. The van der Waals surface area contributed by atoms with Crippen molar-refractivity contribution in [2.24, 2.45) is 5.92 Å². The molecule has 10 heteroatoms. The molecule has 1 amide bonds. The highest BCUT2D eigenvalue weighted by Crippen LogP contribution is 2.27. The molecule has 1 aromatic carbocycles. The van der Waals surface area contributed by atoms with Gasteiger partial charge in [-0.05, 0) is 36.6 Å². The summed E-state index contributed by atoms with van der Waals surface area (Å²) in [7, 11) is -0.0720. The molecule has 3 rings (SSSR count). The molecule has 1 aliphatic rings. The molecule has 1 aromatic heterocycles. The van der Waals surface area contributed by atoms with Crippen LogP contribution in [0.2, 0.25) is 0 Å². The van der Waals surface area contributed by atoms with Crippen molar-refractivity contribution in [2.75, 3.05) is 44.8 Å². The summed E-state index contributed by atoms with van der Waals surface area (Å²) in [6.07, 6.45) is 4.53. The standard InChI is InChI=1S/C24H34N4O5S/c1-17-13-28(14-19-7-6-10-25-12-19)18(2)16-33-22-11-20(26-34(5,30)31)8-9-21(22)24(29)27(3)15-23(17)32-4/h6-12,17-18,23,26H,13-16H2,1-5H3/t17-,18+,23-/m0/s1. The van der Waals surface area contributed by atoms with E-state index >= 15 is 0 Å². The molecule has 2 aromatic rings. The topological polar surface area (TPSA) is 101 Å². The summed E-state index contributed by atoms with van der Waals surface area (Å²) < 4.78 is 37.8. The highest BCUT2D eigenvalue weighted by Gasteiger charge is 2.28. The third kappa shape index (κ3) is 6.91. The molecule has 1 N–H and O–H groups in total. The predicted molar refractivity (Wildman–Crippen MR) is 131 cm³/mol. The summed E-state index contributed by atoms with van der Waals surface area (Å²) in [5, 5.41) is 0. The Kier molecular flexibility index (Phi) is 8.51. The Labute approximate surface area is 202 Å². The van der Waals surface area contributed by atoms with Gasteiger partial charge < -0.3 is 14.4 Å². The molecular weight excluding hydrogens is 456 g/mol. The van der Waals surface area contributed by atoms with Gasteiger partial charge in [-0.1, -0.05) is 13.0 Å². The number of nitrogens with zero attached hydrogens (tertiary/aromatic N) is 3. The molecule has 3 atom stereocenters. The van der Waals surface area contributed by atoms with Crippen molar-refractivity contribution in [1.29, 1.82) is 0 Å². The van der Waals surface area contributed by atoms with E-state index in [1.807, 2.05) is 18.3 Å². The second kappa shape index (κ2) is 11.2. The molecule has 1 aliphatic heterocycles. The van der Waals surface area contributed by atoms with Gasteiger partial charge in [-0.25, -0.2) is 8.42 Å². The fourth-order valence-electron chi connectivity index (χ4n) is 4.07. The number of ether oxygens (including phenoxy) is 2. The van der Waals surface area contributed by atoms with E-state index in [1.54, 1.807) is 43.5 Å². The van der Waals surface area contributed by atoms with Crippen molar-refractivity contribution in [2.45, 2.75) is 32.5 Å². The number of methoxy groups -OCH3 is 1.